The zero-order valence-corrected chi connectivity index (χ0v) is 13.4. The molecule has 0 amide bonds. The van der Waals surface area contributed by atoms with Gasteiger partial charge >= 0.3 is 5.97 Å². The van der Waals surface area contributed by atoms with Gasteiger partial charge in [0.05, 0.1) is 26.9 Å². The van der Waals surface area contributed by atoms with Crippen molar-refractivity contribution in [3.8, 4) is 0 Å². The van der Waals surface area contributed by atoms with Crippen LogP contribution >= 0.6 is 0 Å². The number of aromatic carboxylic acids is 1. The van der Waals surface area contributed by atoms with Gasteiger partial charge in [-0.1, -0.05) is 6.07 Å². The summed E-state index contributed by atoms with van der Waals surface area (Å²) in [5.41, 5.74) is -1.38. The third-order valence-corrected chi connectivity index (χ3v) is 6.17. The number of carboxylic acid groups (broad SMARTS) is 1. The monoisotopic (exact) mass is 312 g/mol. The predicted molar refractivity (Wildman–Crippen MR) is 78.2 cm³/mol. The van der Waals surface area contributed by atoms with Gasteiger partial charge in [0, 0.05) is 0 Å². The van der Waals surface area contributed by atoms with E-state index in [2.05, 4.69) is 0 Å². The molecule has 0 aromatic heterocycles. The number of carboxylic acids is 1. The molecule has 1 saturated heterocycles. The number of hydrogen-bond donors (Lipinski definition) is 1. The summed E-state index contributed by atoms with van der Waals surface area (Å²) < 4.78 is 31.5. The molecule has 2 rings (SSSR count). The number of carbonyl (C=O) groups is 1. The summed E-state index contributed by atoms with van der Waals surface area (Å²) in [6, 6.07) is 5.47. The molecule has 5 nitrogen and oxygen atoms in total. The van der Waals surface area contributed by atoms with Gasteiger partial charge in [-0.2, -0.15) is 0 Å². The molecule has 1 aromatic rings. The maximum Gasteiger partial charge on any atom is 0.335 e. The molecule has 1 unspecified atom stereocenters. The van der Waals surface area contributed by atoms with Crippen molar-refractivity contribution in [2.45, 2.75) is 55.5 Å². The molecule has 1 heterocycles. The minimum atomic E-state index is -3.66. The molecular weight excluding hydrogens is 292 g/mol. The van der Waals surface area contributed by atoms with E-state index in [4.69, 9.17) is 9.84 Å². The fourth-order valence-corrected chi connectivity index (χ4v) is 5.27. The molecule has 0 radical (unpaired) electrons. The third-order valence-electron chi connectivity index (χ3n) is 3.78. The first-order valence-corrected chi connectivity index (χ1v) is 8.28. The minimum Gasteiger partial charge on any atom is -0.478 e. The molecule has 1 aliphatic rings. The summed E-state index contributed by atoms with van der Waals surface area (Å²) in [7, 11) is -3.66. The normalized spacial score (nSPS) is 23.9. The standard InChI is InChI=1S/C15H20O5S/c1-14(2)9-12(15(3,4)20-14)21(18,19)11-7-5-6-10(8-11)13(16)17/h5-8,12H,9H2,1-4H3,(H,16,17). The van der Waals surface area contributed by atoms with Crippen LogP contribution in [-0.4, -0.2) is 35.9 Å². The van der Waals surface area contributed by atoms with Crippen LogP contribution in [-0.2, 0) is 14.6 Å². The second kappa shape index (κ2) is 4.81. The lowest BCUT2D eigenvalue weighted by Crippen LogP contribution is -2.38. The Morgan fingerprint density at radius 2 is 1.90 bits per heavy atom. The molecule has 1 aromatic carbocycles. The first kappa shape index (κ1) is 16.0. The van der Waals surface area contributed by atoms with Crippen molar-refractivity contribution >= 4 is 15.8 Å². The van der Waals surface area contributed by atoms with Crippen LogP contribution in [0.4, 0.5) is 0 Å². The van der Waals surface area contributed by atoms with Crippen molar-refractivity contribution in [3.05, 3.63) is 29.8 Å². The van der Waals surface area contributed by atoms with E-state index in [0.29, 0.717) is 6.42 Å². The summed E-state index contributed by atoms with van der Waals surface area (Å²) >= 11 is 0. The molecule has 6 heteroatoms. The number of hydrogen-bond acceptors (Lipinski definition) is 4. The van der Waals surface area contributed by atoms with Gasteiger partial charge in [-0.05, 0) is 52.3 Å². The highest BCUT2D eigenvalue weighted by atomic mass is 32.2. The molecule has 0 aliphatic carbocycles. The first-order chi connectivity index (χ1) is 9.46. The highest BCUT2D eigenvalue weighted by Crippen LogP contribution is 2.43. The average molecular weight is 312 g/mol. The SMILES string of the molecule is CC1(C)CC(S(=O)(=O)c2cccc(C(=O)O)c2)C(C)(C)O1. The van der Waals surface area contributed by atoms with Gasteiger partial charge in [-0.3, -0.25) is 0 Å². The Morgan fingerprint density at radius 3 is 2.38 bits per heavy atom. The van der Waals surface area contributed by atoms with Crippen molar-refractivity contribution in [2.75, 3.05) is 0 Å². The van der Waals surface area contributed by atoms with E-state index in [0.717, 1.165) is 0 Å². The van der Waals surface area contributed by atoms with E-state index in [1.54, 1.807) is 13.8 Å². The molecule has 0 bridgehead atoms. The molecule has 1 atom stereocenters. The summed E-state index contributed by atoms with van der Waals surface area (Å²) in [4.78, 5) is 11.0. The van der Waals surface area contributed by atoms with Crippen LogP contribution in [0.1, 0.15) is 44.5 Å². The Kier molecular flexibility index (Phi) is 3.66. The zero-order chi connectivity index (χ0) is 16.1. The molecule has 21 heavy (non-hydrogen) atoms. The highest BCUT2D eigenvalue weighted by molar-refractivity contribution is 7.92. The van der Waals surface area contributed by atoms with Crippen molar-refractivity contribution in [1.29, 1.82) is 0 Å². The van der Waals surface area contributed by atoms with Crippen molar-refractivity contribution in [3.63, 3.8) is 0 Å². The van der Waals surface area contributed by atoms with E-state index < -0.39 is 32.3 Å². The van der Waals surface area contributed by atoms with Gasteiger partial charge < -0.3 is 9.84 Å². The summed E-state index contributed by atoms with van der Waals surface area (Å²) in [6.07, 6.45) is 0.375. The number of ether oxygens (including phenoxy) is 1. The lowest BCUT2D eigenvalue weighted by atomic mass is 10.0. The lowest BCUT2D eigenvalue weighted by Gasteiger charge is -2.27. The summed E-state index contributed by atoms with van der Waals surface area (Å²) in [5, 5.41) is 8.30. The highest BCUT2D eigenvalue weighted by Gasteiger charge is 2.52. The maximum atomic E-state index is 12.8. The molecule has 0 spiro atoms. The van der Waals surface area contributed by atoms with E-state index in [9.17, 15) is 13.2 Å². The molecule has 1 aliphatic heterocycles. The number of sulfone groups is 1. The third kappa shape index (κ3) is 2.96. The quantitative estimate of drug-likeness (QED) is 0.927. The Morgan fingerprint density at radius 1 is 1.29 bits per heavy atom. The van der Waals surface area contributed by atoms with Crippen LogP contribution in [0.3, 0.4) is 0 Å². The minimum absolute atomic E-state index is 0.0294. The van der Waals surface area contributed by atoms with Gasteiger partial charge in [-0.25, -0.2) is 13.2 Å². The van der Waals surface area contributed by atoms with Crippen molar-refractivity contribution in [2.24, 2.45) is 0 Å². The number of rotatable bonds is 3. The van der Waals surface area contributed by atoms with Gasteiger partial charge in [0.15, 0.2) is 9.84 Å². The van der Waals surface area contributed by atoms with Gasteiger partial charge in [0.1, 0.15) is 0 Å². The van der Waals surface area contributed by atoms with E-state index in [-0.39, 0.29) is 10.5 Å². The smallest absolute Gasteiger partial charge is 0.335 e. The first-order valence-electron chi connectivity index (χ1n) is 6.73. The summed E-state index contributed by atoms with van der Waals surface area (Å²) in [6.45, 7) is 7.23. The molecule has 0 saturated carbocycles. The van der Waals surface area contributed by atoms with Crippen LogP contribution in [0.15, 0.2) is 29.2 Å². The second-order valence-corrected chi connectivity index (χ2v) is 8.67. The molecule has 116 valence electrons. The Labute approximate surface area is 124 Å². The van der Waals surface area contributed by atoms with Crippen molar-refractivity contribution < 1.29 is 23.1 Å². The van der Waals surface area contributed by atoms with Crippen LogP contribution in [0.25, 0.3) is 0 Å². The van der Waals surface area contributed by atoms with E-state index >= 15 is 0 Å². The average Bonchev–Trinajstić information content (AvgIpc) is 2.58. The van der Waals surface area contributed by atoms with Crippen LogP contribution in [0, 0.1) is 0 Å². The van der Waals surface area contributed by atoms with Gasteiger partial charge in [0.2, 0.25) is 0 Å². The van der Waals surface area contributed by atoms with Gasteiger partial charge in [-0.15, -0.1) is 0 Å². The predicted octanol–water partition coefficient (Wildman–Crippen LogP) is 2.50. The molecule has 1 fully saturated rings. The fraction of sp³-hybridized carbons (Fsp3) is 0.533. The van der Waals surface area contributed by atoms with Crippen molar-refractivity contribution in [1.82, 2.24) is 0 Å². The summed E-state index contributed by atoms with van der Waals surface area (Å²) in [5.74, 6) is -1.14. The van der Waals surface area contributed by atoms with E-state index in [1.165, 1.54) is 24.3 Å². The maximum absolute atomic E-state index is 12.8. The van der Waals surface area contributed by atoms with Gasteiger partial charge in [0.25, 0.3) is 0 Å². The van der Waals surface area contributed by atoms with E-state index in [1.807, 2.05) is 13.8 Å². The number of benzene rings is 1. The topological polar surface area (TPSA) is 80.7 Å². The Bertz CT molecular complexity index is 673. The van der Waals surface area contributed by atoms with Crippen LogP contribution in [0.5, 0.6) is 0 Å². The fourth-order valence-electron chi connectivity index (χ4n) is 2.97. The molecular formula is C15H20O5S. The van der Waals surface area contributed by atoms with Crippen LogP contribution in [0.2, 0.25) is 0 Å². The largest absolute Gasteiger partial charge is 0.478 e. The Hall–Kier alpha value is -1.40. The van der Waals surface area contributed by atoms with Crippen LogP contribution < -0.4 is 0 Å². The zero-order valence-electron chi connectivity index (χ0n) is 12.6. The molecule has 1 N–H and O–H groups in total. The Balaban J connectivity index is 2.48. The lowest BCUT2D eigenvalue weighted by molar-refractivity contribution is -0.0635. The second-order valence-electron chi connectivity index (χ2n) is 6.54.